The van der Waals surface area contributed by atoms with E-state index in [9.17, 15) is 0 Å². The number of aliphatic imine (C=N–C) groups is 1. The maximum absolute atomic E-state index is 5.94. The Bertz CT molecular complexity index is 762. The summed E-state index contributed by atoms with van der Waals surface area (Å²) < 4.78 is 16.4. The zero-order valence-corrected chi connectivity index (χ0v) is 20.3. The van der Waals surface area contributed by atoms with Crippen molar-refractivity contribution < 1.29 is 14.0 Å². The smallest absolute Gasteiger partial charge is 0.191 e. The van der Waals surface area contributed by atoms with Crippen LogP contribution in [-0.2, 0) is 17.8 Å². The third-order valence-corrected chi connectivity index (χ3v) is 4.24. The van der Waals surface area contributed by atoms with Gasteiger partial charge in [0, 0.05) is 45.4 Å². The fourth-order valence-corrected chi connectivity index (χ4v) is 2.58. The Morgan fingerprint density at radius 2 is 1.93 bits per heavy atom. The van der Waals surface area contributed by atoms with Gasteiger partial charge in [-0.1, -0.05) is 31.1 Å². The van der Waals surface area contributed by atoms with Gasteiger partial charge in [0.05, 0.1) is 18.8 Å². The highest BCUT2D eigenvalue weighted by Crippen LogP contribution is 2.20. The molecule has 162 valence electrons. The third-order valence-electron chi connectivity index (χ3n) is 4.24. The lowest BCUT2D eigenvalue weighted by Crippen LogP contribution is -2.36. The Morgan fingerprint density at radius 3 is 2.59 bits per heavy atom. The van der Waals surface area contributed by atoms with Crippen molar-refractivity contribution in [3.05, 3.63) is 46.8 Å². The van der Waals surface area contributed by atoms with Crippen molar-refractivity contribution >= 4 is 29.9 Å². The van der Waals surface area contributed by atoms with E-state index < -0.39 is 0 Å². The minimum Gasteiger partial charge on any atom is -0.493 e. The van der Waals surface area contributed by atoms with E-state index in [-0.39, 0.29) is 24.0 Å². The molecule has 8 heteroatoms. The normalized spacial score (nSPS) is 11.3. The number of ether oxygens (including phenoxy) is 2. The highest BCUT2D eigenvalue weighted by molar-refractivity contribution is 14.0. The van der Waals surface area contributed by atoms with Gasteiger partial charge in [0.15, 0.2) is 11.7 Å². The molecule has 0 unspecified atom stereocenters. The molecule has 0 spiro atoms. The molecule has 0 saturated carbocycles. The average Bonchev–Trinajstić information content (AvgIpc) is 3.16. The number of guanidine groups is 1. The Balaban J connectivity index is 0.00000420. The van der Waals surface area contributed by atoms with E-state index in [1.54, 1.807) is 14.2 Å². The van der Waals surface area contributed by atoms with Crippen molar-refractivity contribution in [3.63, 3.8) is 0 Å². The van der Waals surface area contributed by atoms with E-state index in [4.69, 9.17) is 14.0 Å². The van der Waals surface area contributed by atoms with Crippen LogP contribution in [-0.4, -0.2) is 38.5 Å². The van der Waals surface area contributed by atoms with Crippen LogP contribution in [0.25, 0.3) is 0 Å². The Morgan fingerprint density at radius 1 is 1.17 bits per heavy atom. The number of nitrogens with zero attached hydrogens (tertiary/aromatic N) is 2. The van der Waals surface area contributed by atoms with E-state index in [0.717, 1.165) is 29.2 Å². The fraction of sp³-hybridized carbons (Fsp3) is 0.524. The fourth-order valence-electron chi connectivity index (χ4n) is 2.58. The topological polar surface area (TPSA) is 80.9 Å². The molecule has 0 bridgehead atoms. The molecule has 29 heavy (non-hydrogen) atoms. The van der Waals surface area contributed by atoms with Gasteiger partial charge in [0.2, 0.25) is 0 Å². The van der Waals surface area contributed by atoms with Crippen molar-refractivity contribution in [1.82, 2.24) is 15.8 Å². The molecule has 1 aromatic heterocycles. The monoisotopic (exact) mass is 516 g/mol. The molecular weight excluding hydrogens is 483 g/mol. The number of hydrogen-bond donors (Lipinski definition) is 2. The van der Waals surface area contributed by atoms with Crippen molar-refractivity contribution in [2.45, 2.75) is 46.2 Å². The zero-order chi connectivity index (χ0) is 20.4. The Hall–Kier alpha value is -1.81. The molecule has 2 N–H and O–H groups in total. The number of aromatic nitrogens is 1. The molecule has 0 aliphatic rings. The first-order valence-electron chi connectivity index (χ1n) is 9.64. The maximum Gasteiger partial charge on any atom is 0.191 e. The Labute approximate surface area is 190 Å². The average molecular weight is 516 g/mol. The summed E-state index contributed by atoms with van der Waals surface area (Å²) in [6.07, 6.45) is 0.857. The number of aryl methyl sites for hydroxylation is 1. The second kappa shape index (κ2) is 13.4. The highest BCUT2D eigenvalue weighted by atomic mass is 127. The maximum atomic E-state index is 5.94. The summed E-state index contributed by atoms with van der Waals surface area (Å²) in [4.78, 5) is 4.27. The van der Waals surface area contributed by atoms with Gasteiger partial charge in [-0.2, -0.15) is 0 Å². The molecule has 0 atom stereocenters. The van der Waals surface area contributed by atoms with Gasteiger partial charge < -0.3 is 24.6 Å². The minimum absolute atomic E-state index is 0. The molecular formula is C21H33IN4O3. The molecule has 1 aromatic carbocycles. The number of methoxy groups -OCH3 is 1. The first-order chi connectivity index (χ1) is 13.5. The largest absolute Gasteiger partial charge is 0.493 e. The first kappa shape index (κ1) is 25.2. The lowest BCUT2D eigenvalue weighted by molar-refractivity contribution is 0.171. The van der Waals surface area contributed by atoms with E-state index in [2.05, 4.69) is 59.8 Å². The molecule has 0 radical (unpaired) electrons. The zero-order valence-electron chi connectivity index (χ0n) is 17.9. The molecule has 2 aromatic rings. The van der Waals surface area contributed by atoms with Crippen molar-refractivity contribution in [2.24, 2.45) is 4.99 Å². The third kappa shape index (κ3) is 8.61. The van der Waals surface area contributed by atoms with Gasteiger partial charge in [-0.3, -0.25) is 4.99 Å². The quantitative estimate of drug-likeness (QED) is 0.215. The molecule has 0 fully saturated rings. The molecule has 0 aliphatic carbocycles. The van der Waals surface area contributed by atoms with E-state index in [1.165, 1.54) is 5.56 Å². The molecule has 1 heterocycles. The lowest BCUT2D eigenvalue weighted by Gasteiger charge is -2.15. The van der Waals surface area contributed by atoms with E-state index >= 15 is 0 Å². The SMILES string of the molecule is CN=C(NCc1cc(C(C)C)no1)NCc1ccc(C)cc1OCCCOC.I. The first-order valence-corrected chi connectivity index (χ1v) is 9.64. The summed E-state index contributed by atoms with van der Waals surface area (Å²) in [6, 6.07) is 8.18. The van der Waals surface area contributed by atoms with Gasteiger partial charge in [-0.15, -0.1) is 24.0 Å². The van der Waals surface area contributed by atoms with Crippen LogP contribution in [0.2, 0.25) is 0 Å². The van der Waals surface area contributed by atoms with Crippen molar-refractivity contribution in [1.29, 1.82) is 0 Å². The Kier molecular flexibility index (Phi) is 11.7. The second-order valence-corrected chi connectivity index (χ2v) is 6.96. The van der Waals surface area contributed by atoms with Crippen molar-refractivity contribution in [2.75, 3.05) is 27.4 Å². The van der Waals surface area contributed by atoms with Crippen LogP contribution in [0.3, 0.4) is 0 Å². The standard InChI is InChI=1S/C21H32N4O3.HI/c1-15(2)19-12-18(28-25-19)14-24-21(22-4)23-13-17-8-7-16(3)11-20(17)27-10-6-9-26-5;/h7-8,11-12,15H,6,9-10,13-14H2,1-5H3,(H2,22,23,24);1H. The molecule has 0 saturated heterocycles. The van der Waals surface area contributed by atoms with Crippen LogP contribution in [0.15, 0.2) is 33.8 Å². The summed E-state index contributed by atoms with van der Waals surface area (Å²) in [7, 11) is 3.44. The summed E-state index contributed by atoms with van der Waals surface area (Å²) >= 11 is 0. The molecule has 2 rings (SSSR count). The van der Waals surface area contributed by atoms with Gasteiger partial charge in [0.25, 0.3) is 0 Å². The van der Waals surface area contributed by atoms with Gasteiger partial charge in [0.1, 0.15) is 5.75 Å². The summed E-state index contributed by atoms with van der Waals surface area (Å²) in [5.74, 6) is 2.70. The minimum atomic E-state index is 0. The van der Waals surface area contributed by atoms with Gasteiger partial charge in [-0.25, -0.2) is 0 Å². The van der Waals surface area contributed by atoms with E-state index in [0.29, 0.717) is 38.2 Å². The highest BCUT2D eigenvalue weighted by Gasteiger charge is 2.09. The van der Waals surface area contributed by atoms with Gasteiger partial charge >= 0.3 is 0 Å². The van der Waals surface area contributed by atoms with Gasteiger partial charge in [-0.05, 0) is 24.5 Å². The summed E-state index contributed by atoms with van der Waals surface area (Å²) in [5, 5.41) is 10.6. The number of nitrogens with one attached hydrogen (secondary N) is 2. The van der Waals surface area contributed by atoms with Crippen LogP contribution in [0.4, 0.5) is 0 Å². The number of benzene rings is 1. The number of rotatable bonds is 10. The number of hydrogen-bond acceptors (Lipinski definition) is 5. The van der Waals surface area contributed by atoms with Crippen molar-refractivity contribution in [3.8, 4) is 5.75 Å². The van der Waals surface area contributed by atoms with Crippen LogP contribution >= 0.6 is 24.0 Å². The predicted molar refractivity (Wildman–Crippen MR) is 126 cm³/mol. The van der Waals surface area contributed by atoms with Crippen LogP contribution in [0.1, 0.15) is 48.8 Å². The summed E-state index contributed by atoms with van der Waals surface area (Å²) in [5.41, 5.74) is 3.20. The molecule has 0 amide bonds. The van der Waals surface area contributed by atoms with Crippen LogP contribution in [0.5, 0.6) is 5.75 Å². The predicted octanol–water partition coefficient (Wildman–Crippen LogP) is 4.00. The number of halogens is 1. The van der Waals surface area contributed by atoms with Crippen LogP contribution in [0, 0.1) is 6.92 Å². The molecule has 7 nitrogen and oxygen atoms in total. The van der Waals surface area contributed by atoms with E-state index in [1.807, 2.05) is 6.07 Å². The lowest BCUT2D eigenvalue weighted by atomic mass is 10.1. The second-order valence-electron chi connectivity index (χ2n) is 6.96. The van der Waals surface area contributed by atoms with Crippen LogP contribution < -0.4 is 15.4 Å². The molecule has 0 aliphatic heterocycles. The summed E-state index contributed by atoms with van der Waals surface area (Å²) in [6.45, 7) is 8.68.